The van der Waals surface area contributed by atoms with Gasteiger partial charge in [-0.15, -0.1) is 24.8 Å². The summed E-state index contributed by atoms with van der Waals surface area (Å²) < 4.78 is 2.12. The van der Waals surface area contributed by atoms with Crippen LogP contribution < -0.4 is 0 Å². The molecule has 0 unspecified atom stereocenters. The van der Waals surface area contributed by atoms with E-state index in [2.05, 4.69) is 27.8 Å². The molecule has 2 aromatic carbocycles. The molecular formula is C21H19Cl2N3O. The number of pyridine rings is 1. The Hall–Kier alpha value is -2.40. The lowest BCUT2D eigenvalue weighted by molar-refractivity contribution is 0.274. The van der Waals surface area contributed by atoms with E-state index in [0.717, 1.165) is 52.2 Å². The van der Waals surface area contributed by atoms with Gasteiger partial charge >= 0.3 is 0 Å². The second kappa shape index (κ2) is 7.69. The standard InChI is InChI=1S/C21H17N3O.2ClH/c25-13-17-19(14-5-2-1-3-6-14)23-18-11-10-16-9-8-15-7-4-12-22-20(15)21(16)24(17)18;;/h1-9,12,25H,10-11,13H2;2*1H. The van der Waals surface area contributed by atoms with Crippen LogP contribution >= 0.6 is 24.8 Å². The lowest BCUT2D eigenvalue weighted by Crippen LogP contribution is -2.15. The average molecular weight is 400 g/mol. The normalized spacial score (nSPS) is 11.9. The second-order valence-corrected chi connectivity index (χ2v) is 6.33. The van der Waals surface area contributed by atoms with Crippen LogP contribution in [-0.4, -0.2) is 19.6 Å². The predicted octanol–water partition coefficient (Wildman–Crippen LogP) is 4.52. The van der Waals surface area contributed by atoms with Gasteiger partial charge in [-0.25, -0.2) is 4.98 Å². The highest BCUT2D eigenvalue weighted by Crippen LogP contribution is 2.35. The fourth-order valence-corrected chi connectivity index (χ4v) is 3.78. The Labute approximate surface area is 169 Å². The molecule has 1 aliphatic rings. The predicted molar refractivity (Wildman–Crippen MR) is 112 cm³/mol. The summed E-state index contributed by atoms with van der Waals surface area (Å²) in [4.78, 5) is 9.49. The Morgan fingerprint density at radius 2 is 1.74 bits per heavy atom. The molecule has 1 N–H and O–H groups in total. The molecule has 4 nitrogen and oxygen atoms in total. The first-order valence-corrected chi connectivity index (χ1v) is 8.50. The van der Waals surface area contributed by atoms with Crippen molar-refractivity contribution in [1.82, 2.24) is 14.5 Å². The van der Waals surface area contributed by atoms with Crippen molar-refractivity contribution in [3.8, 4) is 16.9 Å². The highest BCUT2D eigenvalue weighted by Gasteiger charge is 2.26. The molecule has 138 valence electrons. The Balaban J connectivity index is 0.00000105. The van der Waals surface area contributed by atoms with Gasteiger partial charge < -0.3 is 5.11 Å². The van der Waals surface area contributed by atoms with Crippen molar-refractivity contribution in [2.75, 3.05) is 0 Å². The summed E-state index contributed by atoms with van der Waals surface area (Å²) in [6, 6.07) is 18.4. The van der Waals surface area contributed by atoms with Crippen LogP contribution in [0.2, 0.25) is 0 Å². The van der Waals surface area contributed by atoms with Gasteiger partial charge in [0.1, 0.15) is 5.82 Å². The lowest BCUT2D eigenvalue weighted by atomic mass is 10.00. The van der Waals surface area contributed by atoms with Crippen LogP contribution in [-0.2, 0) is 19.4 Å². The number of fused-ring (bicyclic) bond motifs is 5. The van der Waals surface area contributed by atoms with Crippen molar-refractivity contribution in [3.63, 3.8) is 0 Å². The zero-order valence-electron chi connectivity index (χ0n) is 14.5. The Bertz CT molecular complexity index is 1090. The molecule has 5 rings (SSSR count). The molecule has 3 heterocycles. The van der Waals surface area contributed by atoms with Crippen LogP contribution in [0.25, 0.3) is 27.8 Å². The molecule has 27 heavy (non-hydrogen) atoms. The molecule has 0 bridgehead atoms. The van der Waals surface area contributed by atoms with E-state index in [4.69, 9.17) is 4.98 Å². The maximum absolute atomic E-state index is 10.1. The Morgan fingerprint density at radius 1 is 0.926 bits per heavy atom. The topological polar surface area (TPSA) is 50.9 Å². The molecule has 0 spiro atoms. The number of aliphatic hydroxyl groups excluding tert-OH is 1. The van der Waals surface area contributed by atoms with E-state index >= 15 is 0 Å². The van der Waals surface area contributed by atoms with Crippen molar-refractivity contribution < 1.29 is 5.11 Å². The summed E-state index contributed by atoms with van der Waals surface area (Å²) in [7, 11) is 0. The van der Waals surface area contributed by atoms with Crippen molar-refractivity contribution >= 4 is 35.7 Å². The van der Waals surface area contributed by atoms with Gasteiger partial charge in [0.15, 0.2) is 0 Å². The number of hydrogen-bond acceptors (Lipinski definition) is 3. The van der Waals surface area contributed by atoms with Gasteiger partial charge in [0.2, 0.25) is 0 Å². The summed E-state index contributed by atoms with van der Waals surface area (Å²) in [6.45, 7) is -0.0557. The first-order valence-electron chi connectivity index (χ1n) is 8.50. The first-order chi connectivity index (χ1) is 12.4. The SMILES string of the molecule is Cl.Cl.OCc1c(-c2ccccc2)nc2n1-c1c(ccc3cccnc13)CC2. The molecule has 0 saturated carbocycles. The van der Waals surface area contributed by atoms with Crippen LogP contribution in [0.4, 0.5) is 0 Å². The number of halogens is 2. The van der Waals surface area contributed by atoms with E-state index in [0.29, 0.717) is 0 Å². The van der Waals surface area contributed by atoms with Crippen molar-refractivity contribution in [3.05, 3.63) is 77.9 Å². The van der Waals surface area contributed by atoms with Crippen molar-refractivity contribution in [2.45, 2.75) is 19.4 Å². The van der Waals surface area contributed by atoms with E-state index in [1.165, 1.54) is 5.56 Å². The summed E-state index contributed by atoms with van der Waals surface area (Å²) >= 11 is 0. The number of hydrogen-bond donors (Lipinski definition) is 1. The monoisotopic (exact) mass is 399 g/mol. The molecule has 2 aromatic heterocycles. The number of rotatable bonds is 2. The quantitative estimate of drug-likeness (QED) is 0.538. The van der Waals surface area contributed by atoms with Crippen LogP contribution in [0.1, 0.15) is 17.1 Å². The number of aryl methyl sites for hydroxylation is 2. The lowest BCUT2D eigenvalue weighted by Gasteiger charge is -2.21. The molecule has 0 saturated heterocycles. The fraction of sp³-hybridized carbons (Fsp3) is 0.143. The molecule has 0 atom stereocenters. The number of aliphatic hydroxyl groups is 1. The largest absolute Gasteiger partial charge is 0.390 e. The van der Waals surface area contributed by atoms with Crippen LogP contribution in [0.3, 0.4) is 0 Å². The van der Waals surface area contributed by atoms with Crippen LogP contribution in [0.15, 0.2) is 60.8 Å². The maximum atomic E-state index is 10.1. The summed E-state index contributed by atoms with van der Waals surface area (Å²) in [5, 5.41) is 11.2. The van der Waals surface area contributed by atoms with Crippen LogP contribution in [0, 0.1) is 0 Å². The smallest absolute Gasteiger partial charge is 0.114 e. The third-order valence-corrected chi connectivity index (χ3v) is 4.91. The second-order valence-electron chi connectivity index (χ2n) is 6.33. The van der Waals surface area contributed by atoms with Crippen molar-refractivity contribution in [1.29, 1.82) is 0 Å². The number of aromatic nitrogens is 3. The Morgan fingerprint density at radius 3 is 2.52 bits per heavy atom. The molecular weight excluding hydrogens is 381 g/mol. The van der Waals surface area contributed by atoms with Gasteiger partial charge in [0, 0.05) is 23.6 Å². The van der Waals surface area contributed by atoms with E-state index < -0.39 is 0 Å². The zero-order valence-corrected chi connectivity index (χ0v) is 16.1. The molecule has 0 fully saturated rings. The van der Waals surface area contributed by atoms with E-state index in [1.54, 1.807) is 0 Å². The first kappa shape index (κ1) is 19.4. The van der Waals surface area contributed by atoms with Gasteiger partial charge in [-0.2, -0.15) is 0 Å². The van der Waals surface area contributed by atoms with E-state index in [1.807, 2.05) is 42.6 Å². The third kappa shape index (κ3) is 3.00. The summed E-state index contributed by atoms with van der Waals surface area (Å²) in [6.07, 6.45) is 3.63. The van der Waals surface area contributed by atoms with Gasteiger partial charge in [0.05, 0.1) is 29.2 Å². The molecule has 0 amide bonds. The fourth-order valence-electron chi connectivity index (χ4n) is 3.78. The van der Waals surface area contributed by atoms with Gasteiger partial charge in [-0.05, 0) is 18.1 Å². The van der Waals surface area contributed by atoms with Gasteiger partial charge in [-0.1, -0.05) is 48.5 Å². The molecule has 1 aliphatic heterocycles. The highest BCUT2D eigenvalue weighted by atomic mass is 35.5. The number of imidazole rings is 1. The average Bonchev–Trinajstić information content (AvgIpc) is 3.07. The highest BCUT2D eigenvalue weighted by molar-refractivity contribution is 5.89. The van der Waals surface area contributed by atoms with Gasteiger partial charge in [0.25, 0.3) is 0 Å². The number of nitrogens with zero attached hydrogens (tertiary/aromatic N) is 3. The molecule has 0 aliphatic carbocycles. The minimum absolute atomic E-state index is 0. The maximum Gasteiger partial charge on any atom is 0.114 e. The number of benzene rings is 2. The molecule has 4 aromatic rings. The van der Waals surface area contributed by atoms with Gasteiger partial charge in [-0.3, -0.25) is 9.55 Å². The minimum Gasteiger partial charge on any atom is -0.390 e. The molecule has 0 radical (unpaired) electrons. The third-order valence-electron chi connectivity index (χ3n) is 4.91. The van der Waals surface area contributed by atoms with Crippen LogP contribution in [0.5, 0.6) is 0 Å². The minimum atomic E-state index is -0.0557. The Kier molecular flexibility index (Phi) is 5.51. The summed E-state index contributed by atoms with van der Waals surface area (Å²) in [5.41, 5.74) is 6.01. The zero-order chi connectivity index (χ0) is 16.8. The van der Waals surface area contributed by atoms with Crippen molar-refractivity contribution in [2.24, 2.45) is 0 Å². The molecule has 6 heteroatoms. The van der Waals surface area contributed by atoms with E-state index in [9.17, 15) is 5.11 Å². The summed E-state index contributed by atoms with van der Waals surface area (Å²) in [5.74, 6) is 0.994. The van der Waals surface area contributed by atoms with E-state index in [-0.39, 0.29) is 31.4 Å².